The molecule has 2 fully saturated rings. The van der Waals surface area contributed by atoms with Crippen LogP contribution in [0.5, 0.6) is 11.5 Å². The molecule has 3 aliphatic heterocycles. The second-order valence-corrected chi connectivity index (χ2v) is 12.1. The molecule has 4 atom stereocenters. The molecule has 2 saturated heterocycles. The summed E-state index contributed by atoms with van der Waals surface area (Å²) in [6.45, 7) is 5.39. The zero-order valence-electron chi connectivity index (χ0n) is 25.8. The summed E-state index contributed by atoms with van der Waals surface area (Å²) in [5.74, 6) is -0.606. The van der Waals surface area contributed by atoms with Crippen LogP contribution in [0.1, 0.15) is 49.0 Å². The molecule has 2 bridgehead atoms. The molecule has 4 amide bonds. The number of benzene rings is 2. The highest BCUT2D eigenvalue weighted by atomic mass is 19.4. The Morgan fingerprint density at radius 3 is 2.57 bits per heavy atom. The SMILES string of the molecule is CC(C)NC(=O)N[C@@H]1CC[C@H]2CCOc3ccccc3C(=O)N3CCN(Cc4ccc(OC(F)(F)F)cc4)C[C@H]3C(=O)NC[C@H]1O2. The maximum atomic E-state index is 13.9. The number of piperazine rings is 1. The highest BCUT2D eigenvalue weighted by molar-refractivity contribution is 6.00. The van der Waals surface area contributed by atoms with E-state index in [4.69, 9.17) is 9.47 Å². The molecule has 0 spiro atoms. The molecule has 11 nitrogen and oxygen atoms in total. The topological polar surface area (TPSA) is 121 Å². The number of hydrogen-bond acceptors (Lipinski definition) is 7. The highest BCUT2D eigenvalue weighted by Gasteiger charge is 2.39. The number of alkyl halides is 3. The lowest BCUT2D eigenvalue weighted by Crippen LogP contribution is -2.62. The van der Waals surface area contributed by atoms with Crippen LogP contribution in [0.15, 0.2) is 48.5 Å². The molecule has 5 rings (SSSR count). The van der Waals surface area contributed by atoms with E-state index in [1.54, 1.807) is 36.4 Å². The summed E-state index contributed by atoms with van der Waals surface area (Å²) >= 11 is 0. The number of ether oxygens (including phenoxy) is 3. The van der Waals surface area contributed by atoms with Crippen LogP contribution in [0, 0.1) is 0 Å². The molecular formula is C32H40F3N5O6. The van der Waals surface area contributed by atoms with Crippen LogP contribution < -0.4 is 25.4 Å². The average Bonchev–Trinajstić information content (AvgIpc) is 3.00. The first-order chi connectivity index (χ1) is 21.9. The molecular weight excluding hydrogens is 607 g/mol. The van der Waals surface area contributed by atoms with Gasteiger partial charge in [0.05, 0.1) is 30.4 Å². The molecule has 46 heavy (non-hydrogen) atoms. The Balaban J connectivity index is 1.35. The molecule has 3 heterocycles. The van der Waals surface area contributed by atoms with E-state index in [-0.39, 0.29) is 61.4 Å². The minimum absolute atomic E-state index is 0.0510. The predicted molar refractivity (Wildman–Crippen MR) is 161 cm³/mol. The smallest absolute Gasteiger partial charge is 0.493 e. The molecule has 0 unspecified atom stereocenters. The second kappa shape index (κ2) is 14.6. The van der Waals surface area contributed by atoms with Gasteiger partial charge in [0.1, 0.15) is 17.5 Å². The van der Waals surface area contributed by atoms with Gasteiger partial charge >= 0.3 is 12.4 Å². The first-order valence-corrected chi connectivity index (χ1v) is 15.5. The number of rotatable bonds is 5. The Morgan fingerprint density at radius 1 is 1.07 bits per heavy atom. The number of carbonyl (C=O) groups excluding carboxylic acids is 3. The van der Waals surface area contributed by atoms with Gasteiger partial charge in [-0.15, -0.1) is 13.2 Å². The first-order valence-electron chi connectivity index (χ1n) is 15.5. The Kier molecular flexibility index (Phi) is 10.6. The van der Waals surface area contributed by atoms with Crippen LogP contribution in [0.2, 0.25) is 0 Å². The van der Waals surface area contributed by atoms with Gasteiger partial charge in [-0.2, -0.15) is 0 Å². The lowest BCUT2D eigenvalue weighted by atomic mass is 9.96. The van der Waals surface area contributed by atoms with E-state index in [0.29, 0.717) is 50.3 Å². The summed E-state index contributed by atoms with van der Waals surface area (Å²) in [5, 5.41) is 8.79. The number of fused-ring (bicyclic) bond motifs is 4. The van der Waals surface area contributed by atoms with Crippen LogP contribution in [0.3, 0.4) is 0 Å². The minimum Gasteiger partial charge on any atom is -0.493 e. The molecule has 14 heteroatoms. The summed E-state index contributed by atoms with van der Waals surface area (Å²) in [5.41, 5.74) is 1.08. The van der Waals surface area contributed by atoms with Gasteiger partial charge in [-0.1, -0.05) is 24.3 Å². The molecule has 0 aromatic heterocycles. The third-order valence-corrected chi connectivity index (χ3v) is 8.24. The van der Waals surface area contributed by atoms with Gasteiger partial charge < -0.3 is 35.1 Å². The maximum Gasteiger partial charge on any atom is 0.573 e. The van der Waals surface area contributed by atoms with E-state index >= 15 is 0 Å². The number of halogens is 3. The average molecular weight is 648 g/mol. The van der Waals surface area contributed by atoms with Gasteiger partial charge in [0, 0.05) is 45.2 Å². The molecule has 0 radical (unpaired) electrons. The van der Waals surface area contributed by atoms with E-state index < -0.39 is 18.5 Å². The largest absolute Gasteiger partial charge is 0.573 e. The van der Waals surface area contributed by atoms with Crippen molar-refractivity contribution in [3.05, 3.63) is 59.7 Å². The van der Waals surface area contributed by atoms with Gasteiger partial charge in [0.15, 0.2) is 0 Å². The second-order valence-electron chi connectivity index (χ2n) is 12.1. The first kappa shape index (κ1) is 33.3. The zero-order chi connectivity index (χ0) is 32.8. The standard InChI is InChI=1S/C32H40F3N5O6/c1-20(2)37-31(43)38-25-12-11-22-13-16-44-27-6-4-3-5-24(27)30(42)40-15-14-39(19-26(40)29(41)36-17-28(25)45-22)18-21-7-9-23(10-8-21)46-32(33,34)35/h3-10,20,22,25-26,28H,11-19H2,1-2H3,(H,36,41)(H2,37,38,43)/t22-,25+,26-,28+/m0/s1. The molecule has 3 N–H and O–H groups in total. The summed E-state index contributed by atoms with van der Waals surface area (Å²) in [6.07, 6.45) is -3.53. The Morgan fingerprint density at radius 2 is 1.83 bits per heavy atom. The Hall–Kier alpha value is -4.04. The maximum absolute atomic E-state index is 13.9. The quantitative estimate of drug-likeness (QED) is 0.455. The fraction of sp³-hybridized carbons (Fsp3) is 0.531. The predicted octanol–water partition coefficient (Wildman–Crippen LogP) is 3.43. The van der Waals surface area contributed by atoms with Crippen molar-refractivity contribution in [2.24, 2.45) is 0 Å². The van der Waals surface area contributed by atoms with Crippen LogP contribution in [0.25, 0.3) is 0 Å². The van der Waals surface area contributed by atoms with Crippen LogP contribution in [0.4, 0.5) is 18.0 Å². The van der Waals surface area contributed by atoms with E-state index in [1.165, 1.54) is 17.0 Å². The number of hydrogen-bond donors (Lipinski definition) is 3. The van der Waals surface area contributed by atoms with E-state index in [2.05, 4.69) is 20.7 Å². The minimum atomic E-state index is -4.78. The summed E-state index contributed by atoms with van der Waals surface area (Å²) in [7, 11) is 0. The van der Waals surface area contributed by atoms with Crippen molar-refractivity contribution in [1.29, 1.82) is 0 Å². The van der Waals surface area contributed by atoms with Crippen molar-refractivity contribution < 1.29 is 41.8 Å². The molecule has 0 saturated carbocycles. The lowest BCUT2D eigenvalue weighted by Gasteiger charge is -2.42. The van der Waals surface area contributed by atoms with Gasteiger partial charge in [-0.3, -0.25) is 14.5 Å². The molecule has 250 valence electrons. The molecule has 0 aliphatic carbocycles. The highest BCUT2D eigenvalue weighted by Crippen LogP contribution is 2.27. The van der Waals surface area contributed by atoms with Crippen molar-refractivity contribution >= 4 is 17.8 Å². The van der Waals surface area contributed by atoms with Crippen LogP contribution in [-0.4, -0.2) is 97.1 Å². The fourth-order valence-electron chi connectivity index (χ4n) is 6.05. The van der Waals surface area contributed by atoms with Crippen LogP contribution in [-0.2, 0) is 16.1 Å². The fourth-order valence-corrected chi connectivity index (χ4v) is 6.05. The number of nitrogens with zero attached hydrogens (tertiary/aromatic N) is 2. The molecule has 2 aromatic rings. The lowest BCUT2D eigenvalue weighted by molar-refractivity contribution is -0.274. The van der Waals surface area contributed by atoms with Gasteiger partial charge in [-0.25, -0.2) is 4.79 Å². The third-order valence-electron chi connectivity index (χ3n) is 8.24. The van der Waals surface area contributed by atoms with Crippen molar-refractivity contribution in [3.63, 3.8) is 0 Å². The normalized spacial score (nSPS) is 24.5. The molecule has 2 aromatic carbocycles. The monoisotopic (exact) mass is 647 g/mol. The Bertz CT molecular complexity index is 1370. The molecule has 3 aliphatic rings. The van der Waals surface area contributed by atoms with E-state index in [1.807, 2.05) is 18.7 Å². The number of carbonyl (C=O) groups is 3. The summed E-state index contributed by atoms with van der Waals surface area (Å²) in [4.78, 5) is 43.8. The number of urea groups is 1. The van der Waals surface area contributed by atoms with Gasteiger partial charge in [0.25, 0.3) is 5.91 Å². The van der Waals surface area contributed by atoms with Crippen molar-refractivity contribution in [2.45, 2.75) is 76.4 Å². The number of amides is 4. The summed E-state index contributed by atoms with van der Waals surface area (Å²) in [6, 6.07) is 10.9. The van der Waals surface area contributed by atoms with Crippen LogP contribution >= 0.6 is 0 Å². The zero-order valence-corrected chi connectivity index (χ0v) is 25.8. The van der Waals surface area contributed by atoms with E-state index in [9.17, 15) is 27.6 Å². The van der Waals surface area contributed by atoms with E-state index in [0.717, 1.165) is 5.56 Å². The third kappa shape index (κ3) is 8.81. The summed E-state index contributed by atoms with van der Waals surface area (Å²) < 4.78 is 54.2. The van der Waals surface area contributed by atoms with Gasteiger partial charge in [0.2, 0.25) is 5.91 Å². The van der Waals surface area contributed by atoms with Crippen molar-refractivity contribution in [1.82, 2.24) is 25.8 Å². The van der Waals surface area contributed by atoms with Gasteiger partial charge in [-0.05, 0) is 56.5 Å². The van der Waals surface area contributed by atoms with Crippen molar-refractivity contribution in [3.8, 4) is 11.5 Å². The number of nitrogens with one attached hydrogen (secondary N) is 3. The Labute approximate surface area is 265 Å². The van der Waals surface area contributed by atoms with Crippen molar-refractivity contribution in [2.75, 3.05) is 32.8 Å². The number of para-hydroxylation sites is 1.